The lowest BCUT2D eigenvalue weighted by Gasteiger charge is -2.28. The minimum Gasteiger partial charge on any atom is -0.507 e. The summed E-state index contributed by atoms with van der Waals surface area (Å²) < 4.78 is 0. The average Bonchev–Trinajstić information content (AvgIpc) is 3.01. The zero-order valence-electron chi connectivity index (χ0n) is 21.9. The largest absolute Gasteiger partial charge is 0.507 e. The third-order valence-electron chi connectivity index (χ3n) is 6.08. The van der Waals surface area contributed by atoms with Crippen molar-refractivity contribution in [3.63, 3.8) is 0 Å². The number of amidine groups is 1. The Hall–Kier alpha value is -2.87. The highest BCUT2D eigenvalue weighted by molar-refractivity contribution is 8.93. The number of hydrogen-bond acceptors (Lipinski definition) is 4. The molecule has 0 saturated carbocycles. The molecule has 2 amide bonds. The van der Waals surface area contributed by atoms with Crippen molar-refractivity contribution in [2.75, 3.05) is 26.0 Å². The van der Waals surface area contributed by atoms with E-state index in [0.29, 0.717) is 23.4 Å². The molecule has 0 aromatic heterocycles. The number of ketones is 1. The van der Waals surface area contributed by atoms with E-state index in [9.17, 15) is 14.7 Å². The van der Waals surface area contributed by atoms with Crippen molar-refractivity contribution in [2.45, 2.75) is 58.9 Å². The number of Topliss-reactive ketones (excluding diaryl/α,β-unsaturated/α-hetero) is 1. The number of fused-ring (bicyclic) bond motifs is 1. The SMILES string of the molecule is Br.CN(C)C(=O)Nc1ccc2c(c1)C(=N)N(CC(=O)c1cc(C(C)(C)C)c(O)c(C(C)(C)C)c1)C2. The summed E-state index contributed by atoms with van der Waals surface area (Å²) in [6.45, 7) is 12.6. The van der Waals surface area contributed by atoms with Gasteiger partial charge in [0.15, 0.2) is 5.78 Å². The number of hydrogen-bond donors (Lipinski definition) is 3. The molecule has 0 fully saturated rings. The molecule has 0 radical (unpaired) electrons. The van der Waals surface area contributed by atoms with Gasteiger partial charge in [0.05, 0.1) is 6.54 Å². The van der Waals surface area contributed by atoms with Crippen molar-refractivity contribution in [1.82, 2.24) is 9.80 Å². The van der Waals surface area contributed by atoms with Crippen molar-refractivity contribution in [3.05, 3.63) is 58.1 Å². The summed E-state index contributed by atoms with van der Waals surface area (Å²) in [4.78, 5) is 28.5. The molecule has 2 aromatic rings. The van der Waals surface area contributed by atoms with Gasteiger partial charge < -0.3 is 20.2 Å². The molecule has 1 heterocycles. The first kappa shape index (κ1) is 28.4. The summed E-state index contributed by atoms with van der Waals surface area (Å²) >= 11 is 0. The summed E-state index contributed by atoms with van der Waals surface area (Å²) in [6, 6.07) is 8.80. The lowest BCUT2D eigenvalue weighted by Crippen LogP contribution is -2.31. The molecule has 0 saturated heterocycles. The lowest BCUT2D eigenvalue weighted by atomic mass is 9.78. The summed E-state index contributed by atoms with van der Waals surface area (Å²) in [7, 11) is 3.33. The molecule has 3 N–H and O–H groups in total. The molecule has 1 aliphatic heterocycles. The van der Waals surface area contributed by atoms with Crippen LogP contribution in [0.5, 0.6) is 5.75 Å². The van der Waals surface area contributed by atoms with Gasteiger partial charge in [-0.3, -0.25) is 10.2 Å². The van der Waals surface area contributed by atoms with Crippen LogP contribution >= 0.6 is 17.0 Å². The first-order chi connectivity index (χ1) is 15.6. The second-order valence-corrected chi connectivity index (χ2v) is 11.2. The number of halogens is 1. The van der Waals surface area contributed by atoms with E-state index >= 15 is 0 Å². The Morgan fingerprint density at radius 1 is 1.03 bits per heavy atom. The molecular formula is C27H37BrN4O3. The fraction of sp³-hybridized carbons (Fsp3) is 0.444. The van der Waals surface area contributed by atoms with Gasteiger partial charge in [0.25, 0.3) is 0 Å². The maximum atomic E-state index is 13.4. The molecule has 8 heteroatoms. The van der Waals surface area contributed by atoms with Gasteiger partial charge in [-0.1, -0.05) is 47.6 Å². The van der Waals surface area contributed by atoms with Crippen LogP contribution in [0.25, 0.3) is 0 Å². The first-order valence-electron chi connectivity index (χ1n) is 11.5. The van der Waals surface area contributed by atoms with Crippen LogP contribution < -0.4 is 5.32 Å². The molecule has 1 aliphatic rings. The van der Waals surface area contributed by atoms with E-state index in [2.05, 4.69) is 5.32 Å². The topological polar surface area (TPSA) is 96.7 Å². The number of benzene rings is 2. The van der Waals surface area contributed by atoms with Crippen LogP contribution in [0.15, 0.2) is 30.3 Å². The van der Waals surface area contributed by atoms with Crippen LogP contribution in [-0.2, 0) is 17.4 Å². The number of amides is 2. The fourth-order valence-electron chi connectivity index (χ4n) is 4.04. The maximum absolute atomic E-state index is 13.4. The number of carbonyl (C=O) groups is 2. The first-order valence-corrected chi connectivity index (χ1v) is 11.5. The van der Waals surface area contributed by atoms with Crippen molar-refractivity contribution in [3.8, 4) is 5.75 Å². The van der Waals surface area contributed by atoms with E-state index < -0.39 is 0 Å². The predicted molar refractivity (Wildman–Crippen MR) is 147 cm³/mol. The Kier molecular flexibility index (Phi) is 8.11. The van der Waals surface area contributed by atoms with Gasteiger partial charge in [0.1, 0.15) is 11.6 Å². The zero-order chi connectivity index (χ0) is 25.6. The van der Waals surface area contributed by atoms with Gasteiger partial charge in [-0.25, -0.2) is 4.79 Å². The number of urea groups is 1. The van der Waals surface area contributed by atoms with E-state index in [1.165, 1.54) is 4.90 Å². The van der Waals surface area contributed by atoms with Crippen molar-refractivity contribution in [2.24, 2.45) is 0 Å². The van der Waals surface area contributed by atoms with Crippen LogP contribution in [-0.4, -0.2) is 53.2 Å². The number of phenols is 1. The molecule has 0 unspecified atom stereocenters. The number of phenolic OH excluding ortho intramolecular Hbond substituents is 1. The highest BCUT2D eigenvalue weighted by Crippen LogP contribution is 2.40. The second kappa shape index (κ2) is 10.0. The molecule has 190 valence electrons. The number of nitrogens with zero attached hydrogens (tertiary/aromatic N) is 2. The van der Waals surface area contributed by atoms with Gasteiger partial charge in [-0.05, 0) is 40.7 Å². The lowest BCUT2D eigenvalue weighted by molar-refractivity contribution is 0.0962. The van der Waals surface area contributed by atoms with Gasteiger partial charge in [-0.15, -0.1) is 17.0 Å². The van der Waals surface area contributed by atoms with Crippen LogP contribution in [0, 0.1) is 5.41 Å². The minimum absolute atomic E-state index is 0. The normalized spacial score (nSPS) is 13.3. The summed E-state index contributed by atoms with van der Waals surface area (Å²) in [6.07, 6.45) is 0. The standard InChI is InChI=1S/C27H36N4O3.BrH/c1-26(2,3)20-11-17(12-21(23(20)33)27(4,5)6)22(32)15-31-14-16-9-10-18(13-19(16)24(31)28)29-25(34)30(7)8;/h9-13,28,33H,14-15H2,1-8H3,(H,29,34);1H. The van der Waals surface area contributed by atoms with Crippen LogP contribution in [0.1, 0.15) is 74.2 Å². The van der Waals surface area contributed by atoms with Crippen molar-refractivity contribution >= 4 is 40.3 Å². The molecule has 7 nitrogen and oxygen atoms in total. The number of carbonyl (C=O) groups excluding carboxylic acids is 2. The highest BCUT2D eigenvalue weighted by atomic mass is 79.9. The number of nitrogens with one attached hydrogen (secondary N) is 2. The fourth-order valence-corrected chi connectivity index (χ4v) is 4.04. The van der Waals surface area contributed by atoms with Crippen LogP contribution in [0.3, 0.4) is 0 Å². The summed E-state index contributed by atoms with van der Waals surface area (Å²) in [5, 5.41) is 22.4. The molecular weight excluding hydrogens is 508 g/mol. The molecule has 35 heavy (non-hydrogen) atoms. The molecule has 0 spiro atoms. The Morgan fingerprint density at radius 2 is 1.57 bits per heavy atom. The zero-order valence-corrected chi connectivity index (χ0v) is 23.6. The third-order valence-corrected chi connectivity index (χ3v) is 6.08. The van der Waals surface area contributed by atoms with Gasteiger partial charge in [0, 0.05) is 48.6 Å². The van der Waals surface area contributed by atoms with Gasteiger partial charge in [0.2, 0.25) is 0 Å². The minimum atomic E-state index is -0.329. The van der Waals surface area contributed by atoms with Crippen LogP contribution in [0.2, 0.25) is 0 Å². The van der Waals surface area contributed by atoms with Gasteiger partial charge >= 0.3 is 6.03 Å². The molecule has 0 aliphatic carbocycles. The van der Waals surface area contributed by atoms with Gasteiger partial charge in [-0.2, -0.15) is 0 Å². The van der Waals surface area contributed by atoms with E-state index in [1.54, 1.807) is 37.2 Å². The Morgan fingerprint density at radius 3 is 2.06 bits per heavy atom. The van der Waals surface area contributed by atoms with E-state index in [1.807, 2.05) is 53.7 Å². The quantitative estimate of drug-likeness (QED) is 0.431. The van der Waals surface area contributed by atoms with Crippen molar-refractivity contribution < 1.29 is 14.7 Å². The Labute approximate surface area is 218 Å². The second-order valence-electron chi connectivity index (χ2n) is 11.2. The highest BCUT2D eigenvalue weighted by Gasteiger charge is 2.30. The monoisotopic (exact) mass is 544 g/mol. The Balaban J connectivity index is 0.00000432. The Bertz CT molecular complexity index is 1120. The molecule has 3 rings (SSSR count). The third kappa shape index (κ3) is 6.04. The maximum Gasteiger partial charge on any atom is 0.321 e. The summed E-state index contributed by atoms with van der Waals surface area (Å²) in [5.74, 6) is 0.398. The predicted octanol–water partition coefficient (Wildman–Crippen LogP) is 5.68. The molecule has 0 bridgehead atoms. The van der Waals surface area contributed by atoms with E-state index in [4.69, 9.17) is 5.41 Å². The number of anilines is 1. The molecule has 0 atom stereocenters. The smallest absolute Gasteiger partial charge is 0.321 e. The number of aromatic hydroxyl groups is 1. The van der Waals surface area contributed by atoms with E-state index in [0.717, 1.165) is 16.7 Å². The van der Waals surface area contributed by atoms with E-state index in [-0.39, 0.29) is 57.8 Å². The molecule has 2 aromatic carbocycles. The summed E-state index contributed by atoms with van der Waals surface area (Å²) in [5.41, 5.74) is 3.62. The van der Waals surface area contributed by atoms with Crippen molar-refractivity contribution in [1.29, 1.82) is 5.41 Å². The number of rotatable bonds is 4. The van der Waals surface area contributed by atoms with Crippen LogP contribution in [0.4, 0.5) is 10.5 Å². The average molecular weight is 546 g/mol.